The SMILES string of the molecule is NC(=O)C1([C@H](C[C@H]2CCNC2=O)C(=O)CO)NCC2CCCC21. The van der Waals surface area contributed by atoms with E-state index in [1.165, 1.54) is 0 Å². The minimum atomic E-state index is -1.12. The number of nitrogens with one attached hydrogen (secondary N) is 2. The number of carbonyl (C=O) groups excluding carboxylic acids is 3. The Morgan fingerprint density at radius 3 is 2.74 bits per heavy atom. The van der Waals surface area contributed by atoms with Crippen LogP contribution in [0.25, 0.3) is 0 Å². The molecule has 23 heavy (non-hydrogen) atoms. The lowest BCUT2D eigenvalue weighted by atomic mass is 9.67. The lowest BCUT2D eigenvalue weighted by Gasteiger charge is -2.39. The second-order valence-corrected chi connectivity index (χ2v) is 7.10. The maximum Gasteiger partial charge on any atom is 0.238 e. The third-order valence-corrected chi connectivity index (χ3v) is 6.09. The van der Waals surface area contributed by atoms with Gasteiger partial charge < -0.3 is 21.5 Å². The van der Waals surface area contributed by atoms with Gasteiger partial charge in [0.15, 0.2) is 5.78 Å². The van der Waals surface area contributed by atoms with E-state index in [1.807, 2.05) is 0 Å². The van der Waals surface area contributed by atoms with Crippen molar-refractivity contribution in [3.63, 3.8) is 0 Å². The second-order valence-electron chi connectivity index (χ2n) is 7.10. The Morgan fingerprint density at radius 1 is 1.35 bits per heavy atom. The highest BCUT2D eigenvalue weighted by atomic mass is 16.3. The van der Waals surface area contributed by atoms with Crippen LogP contribution in [0.15, 0.2) is 0 Å². The van der Waals surface area contributed by atoms with Gasteiger partial charge in [0.1, 0.15) is 12.1 Å². The summed E-state index contributed by atoms with van der Waals surface area (Å²) < 4.78 is 0. The molecule has 3 unspecified atom stereocenters. The molecular weight excluding hydrogens is 298 g/mol. The molecule has 2 heterocycles. The minimum Gasteiger partial charge on any atom is -0.389 e. The van der Waals surface area contributed by atoms with Crippen LogP contribution < -0.4 is 16.4 Å². The molecule has 0 aromatic heterocycles. The monoisotopic (exact) mass is 323 g/mol. The van der Waals surface area contributed by atoms with Crippen LogP contribution in [0.3, 0.4) is 0 Å². The fourth-order valence-electron chi connectivity index (χ4n) is 4.97. The minimum absolute atomic E-state index is 0.0185. The Hall–Kier alpha value is -1.47. The number of primary amides is 1. The van der Waals surface area contributed by atoms with Gasteiger partial charge in [0, 0.05) is 18.4 Å². The molecule has 5 N–H and O–H groups in total. The van der Waals surface area contributed by atoms with Crippen LogP contribution in [0.4, 0.5) is 0 Å². The van der Waals surface area contributed by atoms with Crippen molar-refractivity contribution < 1.29 is 19.5 Å². The summed E-state index contributed by atoms with van der Waals surface area (Å²) >= 11 is 0. The number of amides is 2. The molecule has 2 aliphatic heterocycles. The summed E-state index contributed by atoms with van der Waals surface area (Å²) in [7, 11) is 0. The largest absolute Gasteiger partial charge is 0.389 e. The molecule has 0 radical (unpaired) electrons. The van der Waals surface area contributed by atoms with E-state index in [-0.39, 0.29) is 24.2 Å². The smallest absolute Gasteiger partial charge is 0.238 e. The summed E-state index contributed by atoms with van der Waals surface area (Å²) in [6, 6.07) is 0. The summed E-state index contributed by atoms with van der Waals surface area (Å²) in [4.78, 5) is 36.8. The Labute approximate surface area is 135 Å². The van der Waals surface area contributed by atoms with E-state index >= 15 is 0 Å². The van der Waals surface area contributed by atoms with Crippen LogP contribution in [0.1, 0.15) is 32.1 Å². The zero-order valence-electron chi connectivity index (χ0n) is 13.2. The summed E-state index contributed by atoms with van der Waals surface area (Å²) in [5.41, 5.74) is 4.63. The van der Waals surface area contributed by atoms with Crippen molar-refractivity contribution in [2.45, 2.75) is 37.6 Å². The molecule has 1 aliphatic carbocycles. The van der Waals surface area contributed by atoms with Crippen molar-refractivity contribution in [1.82, 2.24) is 10.6 Å². The molecule has 0 aromatic carbocycles. The number of Topliss-reactive ketones (excluding diaryl/α,β-unsaturated/α-hetero) is 1. The van der Waals surface area contributed by atoms with Crippen LogP contribution in [0.2, 0.25) is 0 Å². The molecule has 0 spiro atoms. The predicted molar refractivity (Wildman–Crippen MR) is 82.1 cm³/mol. The van der Waals surface area contributed by atoms with Gasteiger partial charge in [-0.2, -0.15) is 0 Å². The molecule has 2 amide bonds. The van der Waals surface area contributed by atoms with Crippen LogP contribution in [-0.2, 0) is 14.4 Å². The van der Waals surface area contributed by atoms with Crippen LogP contribution in [0, 0.1) is 23.7 Å². The zero-order valence-corrected chi connectivity index (χ0v) is 13.2. The summed E-state index contributed by atoms with van der Waals surface area (Å²) in [5, 5.41) is 15.4. The van der Waals surface area contributed by atoms with E-state index in [2.05, 4.69) is 10.6 Å². The first kappa shape index (κ1) is 16.4. The van der Waals surface area contributed by atoms with E-state index in [0.717, 1.165) is 19.3 Å². The van der Waals surface area contributed by atoms with Crippen molar-refractivity contribution >= 4 is 17.6 Å². The number of hydrogen-bond acceptors (Lipinski definition) is 5. The molecule has 7 nitrogen and oxygen atoms in total. The highest BCUT2D eigenvalue weighted by molar-refractivity contribution is 5.95. The first-order valence-electron chi connectivity index (χ1n) is 8.47. The molecule has 7 heteroatoms. The molecule has 0 aromatic rings. The molecular formula is C16H25N3O4. The average Bonchev–Trinajstić information content (AvgIpc) is 3.21. The van der Waals surface area contributed by atoms with E-state index in [9.17, 15) is 19.5 Å². The van der Waals surface area contributed by atoms with Gasteiger partial charge >= 0.3 is 0 Å². The van der Waals surface area contributed by atoms with Gasteiger partial charge in [0.25, 0.3) is 0 Å². The number of nitrogens with two attached hydrogens (primary N) is 1. The van der Waals surface area contributed by atoms with Crippen molar-refractivity contribution in [1.29, 1.82) is 0 Å². The number of ketones is 1. The zero-order chi connectivity index (χ0) is 16.6. The summed E-state index contributed by atoms with van der Waals surface area (Å²) in [6.45, 7) is 0.624. The first-order chi connectivity index (χ1) is 11.0. The van der Waals surface area contributed by atoms with E-state index < -0.39 is 29.8 Å². The Morgan fingerprint density at radius 2 is 2.13 bits per heavy atom. The van der Waals surface area contributed by atoms with Gasteiger partial charge in [-0.1, -0.05) is 6.42 Å². The van der Waals surface area contributed by atoms with Gasteiger partial charge in [-0.3, -0.25) is 14.4 Å². The van der Waals surface area contributed by atoms with Crippen molar-refractivity contribution in [2.75, 3.05) is 19.7 Å². The fourth-order valence-corrected chi connectivity index (χ4v) is 4.97. The first-order valence-corrected chi connectivity index (χ1v) is 8.47. The van der Waals surface area contributed by atoms with Crippen LogP contribution in [-0.4, -0.2) is 47.9 Å². The van der Waals surface area contributed by atoms with Gasteiger partial charge in [-0.05, 0) is 44.1 Å². The van der Waals surface area contributed by atoms with Crippen molar-refractivity contribution in [3.8, 4) is 0 Å². The summed E-state index contributed by atoms with van der Waals surface area (Å²) in [6.07, 6.45) is 3.82. The number of rotatable bonds is 6. The molecule has 3 aliphatic rings. The third kappa shape index (κ3) is 2.55. The van der Waals surface area contributed by atoms with Gasteiger partial charge in [-0.25, -0.2) is 0 Å². The van der Waals surface area contributed by atoms with Gasteiger partial charge in [0.05, 0.1) is 0 Å². The number of carbonyl (C=O) groups is 3. The molecule has 3 rings (SSSR count). The molecule has 1 saturated carbocycles. The number of fused-ring (bicyclic) bond motifs is 1. The Bertz CT molecular complexity index is 523. The number of hydrogen-bond donors (Lipinski definition) is 4. The fraction of sp³-hybridized carbons (Fsp3) is 0.812. The van der Waals surface area contributed by atoms with E-state index in [1.54, 1.807) is 0 Å². The van der Waals surface area contributed by atoms with Crippen molar-refractivity contribution in [2.24, 2.45) is 29.4 Å². The molecule has 5 atom stereocenters. The quantitative estimate of drug-likeness (QED) is 0.496. The average molecular weight is 323 g/mol. The van der Waals surface area contributed by atoms with Gasteiger partial charge in [-0.15, -0.1) is 0 Å². The van der Waals surface area contributed by atoms with Crippen molar-refractivity contribution in [3.05, 3.63) is 0 Å². The molecule has 0 bridgehead atoms. The Balaban J connectivity index is 1.93. The third-order valence-electron chi connectivity index (χ3n) is 6.09. The highest BCUT2D eigenvalue weighted by Crippen LogP contribution is 2.48. The maximum atomic E-state index is 12.5. The van der Waals surface area contributed by atoms with E-state index in [4.69, 9.17) is 5.73 Å². The predicted octanol–water partition coefficient (Wildman–Crippen LogP) is -1.07. The molecule has 2 saturated heterocycles. The molecule has 128 valence electrons. The van der Waals surface area contributed by atoms with Gasteiger partial charge in [0.2, 0.25) is 11.8 Å². The Kier molecular flexibility index (Phi) is 4.42. The number of aliphatic hydroxyl groups is 1. The topological polar surface area (TPSA) is 122 Å². The normalized spacial score (nSPS) is 37.4. The molecule has 3 fully saturated rings. The summed E-state index contributed by atoms with van der Waals surface area (Å²) in [5.74, 6) is -1.69. The van der Waals surface area contributed by atoms with Crippen LogP contribution >= 0.6 is 0 Å². The van der Waals surface area contributed by atoms with Crippen LogP contribution in [0.5, 0.6) is 0 Å². The highest BCUT2D eigenvalue weighted by Gasteiger charge is 2.60. The lowest BCUT2D eigenvalue weighted by Crippen LogP contribution is -2.63. The standard InChI is InChI=1S/C16H25N3O4/c17-15(23)16(11-3-1-2-10(11)7-19-16)12(13(21)8-20)6-9-4-5-18-14(9)22/h9-12,19-20H,1-8H2,(H2,17,23)(H,18,22)/t9-,10?,11?,12-,16?/m1/s1. The van der Waals surface area contributed by atoms with E-state index in [0.29, 0.717) is 25.4 Å². The maximum absolute atomic E-state index is 12.5. The second kappa shape index (κ2) is 6.20. The number of aliphatic hydroxyl groups excluding tert-OH is 1. The lowest BCUT2D eigenvalue weighted by molar-refractivity contribution is -0.139.